The number of hydrogen-bond donors (Lipinski definition) is 1. The summed E-state index contributed by atoms with van der Waals surface area (Å²) in [7, 11) is 0. The van der Waals surface area contributed by atoms with Crippen molar-refractivity contribution in [3.63, 3.8) is 0 Å². The summed E-state index contributed by atoms with van der Waals surface area (Å²) in [5.41, 5.74) is 0.965. The second-order valence-electron chi connectivity index (χ2n) is 7.64. The molecule has 1 unspecified atom stereocenters. The molecule has 2 aliphatic rings. The summed E-state index contributed by atoms with van der Waals surface area (Å²) in [4.78, 5) is 56.5. The van der Waals surface area contributed by atoms with E-state index in [0.29, 0.717) is 6.54 Å². The minimum Gasteiger partial charge on any atom is -0.354 e. The summed E-state index contributed by atoms with van der Waals surface area (Å²) in [5.74, 6) is -1.94. The van der Waals surface area contributed by atoms with E-state index in [-0.39, 0.29) is 48.3 Å². The Bertz CT molecular complexity index is 1120. The minimum absolute atomic E-state index is 0.0106. The number of nitrogens with zero attached hydrogens (tertiary/aromatic N) is 3. The molecule has 0 spiro atoms. The van der Waals surface area contributed by atoms with E-state index in [1.165, 1.54) is 24.3 Å². The molecule has 3 heterocycles. The molecule has 33 heavy (non-hydrogen) atoms. The van der Waals surface area contributed by atoms with Gasteiger partial charge in [0, 0.05) is 37.8 Å². The number of benzene rings is 1. The Morgan fingerprint density at radius 3 is 2.73 bits per heavy atom. The molecule has 8 nitrogen and oxygen atoms in total. The fourth-order valence-electron chi connectivity index (χ4n) is 3.65. The Balaban J connectivity index is 1.28. The van der Waals surface area contributed by atoms with Crippen LogP contribution in [0.5, 0.6) is 0 Å². The maximum atomic E-state index is 13.8. The number of aromatic nitrogens is 1. The molecule has 170 valence electrons. The average molecular weight is 469 g/mol. The molecule has 2 aromatic rings. The van der Waals surface area contributed by atoms with E-state index in [0.717, 1.165) is 22.4 Å². The van der Waals surface area contributed by atoms with Crippen LogP contribution >= 0.6 is 11.8 Å². The van der Waals surface area contributed by atoms with Gasteiger partial charge in [-0.2, -0.15) is 0 Å². The molecule has 2 saturated heterocycles. The third-order valence-corrected chi connectivity index (χ3v) is 6.27. The summed E-state index contributed by atoms with van der Waals surface area (Å²) in [6.07, 6.45) is 3.10. The van der Waals surface area contributed by atoms with E-state index in [2.05, 4.69) is 10.3 Å². The molecule has 2 fully saturated rings. The van der Waals surface area contributed by atoms with Crippen molar-refractivity contribution >= 4 is 40.8 Å². The van der Waals surface area contributed by atoms with Crippen LogP contribution in [0.1, 0.15) is 17.7 Å². The van der Waals surface area contributed by atoms with Crippen molar-refractivity contribution in [1.82, 2.24) is 20.1 Å². The summed E-state index contributed by atoms with van der Waals surface area (Å²) < 4.78 is 13.8. The number of pyridine rings is 1. The fourth-order valence-corrected chi connectivity index (χ4v) is 4.51. The molecule has 2 aliphatic heterocycles. The van der Waals surface area contributed by atoms with Gasteiger partial charge in [0.25, 0.3) is 11.1 Å². The maximum absolute atomic E-state index is 13.8. The number of nitrogens with one attached hydrogen (secondary N) is 1. The highest BCUT2D eigenvalue weighted by molar-refractivity contribution is 8.18. The lowest BCUT2D eigenvalue weighted by atomic mass is 10.1. The Labute approximate surface area is 193 Å². The maximum Gasteiger partial charge on any atom is 0.293 e. The van der Waals surface area contributed by atoms with E-state index >= 15 is 0 Å². The normalized spacial score (nSPS) is 19.6. The van der Waals surface area contributed by atoms with E-state index in [4.69, 9.17) is 0 Å². The zero-order chi connectivity index (χ0) is 23.4. The van der Waals surface area contributed by atoms with Crippen LogP contribution in [0.15, 0.2) is 53.6 Å². The molecule has 1 aromatic heterocycles. The topological polar surface area (TPSA) is 99.7 Å². The zero-order valence-corrected chi connectivity index (χ0v) is 18.4. The Kier molecular flexibility index (Phi) is 6.83. The first-order valence-electron chi connectivity index (χ1n) is 10.4. The molecule has 1 N–H and O–H groups in total. The Morgan fingerprint density at radius 1 is 1.18 bits per heavy atom. The molecule has 0 aliphatic carbocycles. The van der Waals surface area contributed by atoms with Gasteiger partial charge in [-0.3, -0.25) is 29.1 Å². The highest BCUT2D eigenvalue weighted by Gasteiger charge is 2.36. The smallest absolute Gasteiger partial charge is 0.293 e. The Morgan fingerprint density at radius 2 is 1.97 bits per heavy atom. The van der Waals surface area contributed by atoms with Crippen LogP contribution in [0.4, 0.5) is 9.18 Å². The standard InChI is InChI=1S/C23H21FN4O4S/c24-18-7-2-1-5-15(18)11-19-22(31)28(23(32)33-19)10-9-26-21(30)16-12-20(29)27(13-16)14-17-6-3-4-8-25-17/h1-8,11,16H,9-10,12-14H2,(H,26,30). The van der Waals surface area contributed by atoms with Crippen molar-refractivity contribution in [1.29, 1.82) is 0 Å². The lowest BCUT2D eigenvalue weighted by Gasteiger charge is -2.17. The largest absolute Gasteiger partial charge is 0.354 e. The van der Waals surface area contributed by atoms with Crippen LogP contribution < -0.4 is 5.32 Å². The number of carbonyl (C=O) groups excluding carboxylic acids is 4. The quantitative estimate of drug-likeness (QED) is 0.627. The van der Waals surface area contributed by atoms with Gasteiger partial charge in [0.1, 0.15) is 5.82 Å². The SMILES string of the molecule is O=C(NCCN1C(=O)SC(=Cc2ccccc2F)C1=O)C1CC(=O)N(Cc2ccccn2)C1. The van der Waals surface area contributed by atoms with Crippen molar-refractivity contribution in [3.8, 4) is 0 Å². The van der Waals surface area contributed by atoms with Gasteiger partial charge >= 0.3 is 0 Å². The van der Waals surface area contributed by atoms with Crippen LogP contribution in [0.3, 0.4) is 0 Å². The van der Waals surface area contributed by atoms with E-state index in [1.54, 1.807) is 23.2 Å². The van der Waals surface area contributed by atoms with Crippen LogP contribution in [0.2, 0.25) is 0 Å². The average Bonchev–Trinajstić information content (AvgIpc) is 3.30. The van der Waals surface area contributed by atoms with Gasteiger partial charge in [0.05, 0.1) is 23.1 Å². The predicted molar refractivity (Wildman–Crippen MR) is 120 cm³/mol. The third-order valence-electron chi connectivity index (χ3n) is 5.36. The van der Waals surface area contributed by atoms with Crippen molar-refractivity contribution in [2.24, 2.45) is 5.92 Å². The summed E-state index contributed by atoms with van der Waals surface area (Å²) in [6, 6.07) is 11.4. The monoisotopic (exact) mass is 468 g/mol. The predicted octanol–water partition coefficient (Wildman–Crippen LogP) is 2.42. The molecular weight excluding hydrogens is 447 g/mol. The van der Waals surface area contributed by atoms with Gasteiger partial charge < -0.3 is 10.2 Å². The molecule has 4 amide bonds. The molecule has 4 rings (SSSR count). The Hall–Kier alpha value is -3.53. The van der Waals surface area contributed by atoms with Gasteiger partial charge in [-0.1, -0.05) is 24.3 Å². The zero-order valence-electron chi connectivity index (χ0n) is 17.6. The lowest BCUT2D eigenvalue weighted by molar-refractivity contribution is -0.129. The molecule has 0 radical (unpaired) electrons. The van der Waals surface area contributed by atoms with Crippen molar-refractivity contribution in [2.45, 2.75) is 13.0 Å². The van der Waals surface area contributed by atoms with Crippen molar-refractivity contribution in [3.05, 3.63) is 70.6 Å². The number of thioether (sulfide) groups is 1. The second-order valence-corrected chi connectivity index (χ2v) is 8.64. The van der Waals surface area contributed by atoms with Crippen LogP contribution in [0.25, 0.3) is 6.08 Å². The number of imide groups is 1. The molecule has 0 bridgehead atoms. The highest BCUT2D eigenvalue weighted by atomic mass is 32.2. The fraction of sp³-hybridized carbons (Fsp3) is 0.261. The number of carbonyl (C=O) groups is 4. The molecule has 1 aromatic carbocycles. The van der Waals surface area contributed by atoms with Gasteiger partial charge in [0.15, 0.2) is 0 Å². The van der Waals surface area contributed by atoms with Gasteiger partial charge in [-0.05, 0) is 36.0 Å². The first kappa shape index (κ1) is 22.7. The van der Waals surface area contributed by atoms with Crippen molar-refractivity contribution < 1.29 is 23.6 Å². The third kappa shape index (κ3) is 5.28. The van der Waals surface area contributed by atoms with E-state index in [9.17, 15) is 23.6 Å². The summed E-state index contributed by atoms with van der Waals surface area (Å²) in [6.45, 7) is 0.681. The first-order valence-corrected chi connectivity index (χ1v) is 11.2. The van der Waals surface area contributed by atoms with Gasteiger partial charge in [-0.25, -0.2) is 4.39 Å². The molecule has 10 heteroatoms. The summed E-state index contributed by atoms with van der Waals surface area (Å²) >= 11 is 0.733. The number of hydrogen-bond acceptors (Lipinski definition) is 6. The van der Waals surface area contributed by atoms with E-state index < -0.39 is 22.9 Å². The number of amides is 4. The van der Waals surface area contributed by atoms with Gasteiger partial charge in [0.2, 0.25) is 11.8 Å². The molecule has 1 atom stereocenters. The molecule has 0 saturated carbocycles. The number of likely N-dealkylation sites (tertiary alicyclic amines) is 1. The number of rotatable bonds is 7. The summed E-state index contributed by atoms with van der Waals surface area (Å²) in [5, 5.41) is 2.23. The van der Waals surface area contributed by atoms with Crippen LogP contribution in [-0.2, 0) is 20.9 Å². The first-order chi connectivity index (χ1) is 15.9. The lowest BCUT2D eigenvalue weighted by Crippen LogP contribution is -2.40. The highest BCUT2D eigenvalue weighted by Crippen LogP contribution is 2.32. The second kappa shape index (κ2) is 9.95. The van der Waals surface area contributed by atoms with E-state index in [1.807, 2.05) is 12.1 Å². The van der Waals surface area contributed by atoms with Crippen molar-refractivity contribution in [2.75, 3.05) is 19.6 Å². The number of halogens is 1. The van der Waals surface area contributed by atoms with Crippen LogP contribution in [-0.4, -0.2) is 57.4 Å². The minimum atomic E-state index is -0.528. The molecular formula is C23H21FN4O4S. The van der Waals surface area contributed by atoms with Gasteiger partial charge in [-0.15, -0.1) is 0 Å². The van der Waals surface area contributed by atoms with Crippen LogP contribution in [0, 0.1) is 11.7 Å².